The molecule has 2 aromatic rings. The first-order chi connectivity index (χ1) is 14.1. The van der Waals surface area contributed by atoms with Crippen LogP contribution in [0.25, 0.3) is 0 Å². The fourth-order valence-electron chi connectivity index (χ4n) is 3.68. The molecule has 1 aromatic carbocycles. The van der Waals surface area contributed by atoms with Crippen LogP contribution in [0.4, 0.5) is 26.4 Å². The van der Waals surface area contributed by atoms with Gasteiger partial charge in [0.25, 0.3) is 0 Å². The van der Waals surface area contributed by atoms with E-state index in [0.29, 0.717) is 58.2 Å². The highest BCUT2D eigenvalue weighted by Gasteiger charge is 2.22. The SMILES string of the molecule is Cc1ccnc(N2CCN(C(=O)Nc3cc(F)cc(N4CCOCC4)c3)CC2)c1. The molecule has 0 bridgehead atoms. The number of hydrogen-bond donors (Lipinski definition) is 1. The second-order valence-electron chi connectivity index (χ2n) is 7.39. The van der Waals surface area contributed by atoms with Crippen molar-refractivity contribution in [2.45, 2.75) is 6.92 Å². The molecule has 2 aliphatic heterocycles. The molecule has 0 radical (unpaired) electrons. The van der Waals surface area contributed by atoms with Crippen molar-refractivity contribution >= 4 is 23.2 Å². The molecule has 29 heavy (non-hydrogen) atoms. The predicted molar refractivity (Wildman–Crippen MR) is 111 cm³/mol. The summed E-state index contributed by atoms with van der Waals surface area (Å²) in [5, 5.41) is 2.85. The van der Waals surface area contributed by atoms with Gasteiger partial charge in [0.2, 0.25) is 0 Å². The molecule has 0 aliphatic carbocycles. The number of pyridine rings is 1. The molecule has 2 amide bonds. The summed E-state index contributed by atoms with van der Waals surface area (Å²) in [5.74, 6) is 0.574. The Morgan fingerprint density at radius 2 is 1.79 bits per heavy atom. The topological polar surface area (TPSA) is 60.9 Å². The Hall–Kier alpha value is -2.87. The molecule has 1 aromatic heterocycles. The number of ether oxygens (including phenoxy) is 1. The third-order valence-corrected chi connectivity index (χ3v) is 5.30. The number of carbonyl (C=O) groups excluding carboxylic acids is 1. The van der Waals surface area contributed by atoms with Crippen molar-refractivity contribution in [2.24, 2.45) is 0 Å². The molecule has 2 aliphatic rings. The van der Waals surface area contributed by atoms with Crippen LogP contribution in [0.2, 0.25) is 0 Å². The summed E-state index contributed by atoms with van der Waals surface area (Å²) < 4.78 is 19.5. The maximum atomic E-state index is 14.1. The number of amides is 2. The van der Waals surface area contributed by atoms with Crippen LogP contribution in [0.15, 0.2) is 36.5 Å². The summed E-state index contributed by atoms with van der Waals surface area (Å²) in [4.78, 5) is 23.1. The summed E-state index contributed by atoms with van der Waals surface area (Å²) in [6, 6.07) is 8.48. The Morgan fingerprint density at radius 3 is 2.52 bits per heavy atom. The fraction of sp³-hybridized carbons (Fsp3) is 0.429. The number of urea groups is 1. The van der Waals surface area contributed by atoms with Crippen molar-refractivity contribution in [1.82, 2.24) is 9.88 Å². The highest BCUT2D eigenvalue weighted by Crippen LogP contribution is 2.23. The van der Waals surface area contributed by atoms with Crippen molar-refractivity contribution < 1.29 is 13.9 Å². The number of aromatic nitrogens is 1. The molecular weight excluding hydrogens is 373 g/mol. The number of anilines is 3. The number of halogens is 1. The van der Waals surface area contributed by atoms with Crippen molar-refractivity contribution in [1.29, 1.82) is 0 Å². The Balaban J connectivity index is 1.37. The van der Waals surface area contributed by atoms with Gasteiger partial charge in [0, 0.05) is 56.8 Å². The van der Waals surface area contributed by atoms with E-state index in [0.717, 1.165) is 17.1 Å². The predicted octanol–water partition coefficient (Wildman–Crippen LogP) is 2.72. The van der Waals surface area contributed by atoms with Crippen molar-refractivity contribution in [3.05, 3.63) is 47.9 Å². The normalized spacial score (nSPS) is 17.4. The third kappa shape index (κ3) is 4.76. The van der Waals surface area contributed by atoms with Crippen LogP contribution in [0.5, 0.6) is 0 Å². The van der Waals surface area contributed by atoms with Gasteiger partial charge in [-0.15, -0.1) is 0 Å². The zero-order valence-corrected chi connectivity index (χ0v) is 16.6. The van der Waals surface area contributed by atoms with E-state index >= 15 is 0 Å². The third-order valence-electron chi connectivity index (χ3n) is 5.30. The van der Waals surface area contributed by atoms with Crippen molar-refractivity contribution in [2.75, 3.05) is 67.6 Å². The van der Waals surface area contributed by atoms with E-state index < -0.39 is 0 Å². The minimum atomic E-state index is -0.361. The Labute approximate surface area is 170 Å². The molecule has 4 rings (SSSR count). The molecule has 0 unspecified atom stereocenters. The van der Waals surface area contributed by atoms with Crippen LogP contribution in [0.1, 0.15) is 5.56 Å². The molecule has 2 fully saturated rings. The van der Waals surface area contributed by atoms with E-state index in [1.54, 1.807) is 11.1 Å². The zero-order chi connectivity index (χ0) is 20.2. The van der Waals surface area contributed by atoms with Crippen molar-refractivity contribution in [3.8, 4) is 0 Å². The summed E-state index contributed by atoms with van der Waals surface area (Å²) >= 11 is 0. The average Bonchev–Trinajstić information content (AvgIpc) is 2.74. The van der Waals surface area contributed by atoms with Crippen LogP contribution >= 0.6 is 0 Å². The van der Waals surface area contributed by atoms with Gasteiger partial charge in [0.15, 0.2) is 0 Å². The lowest BCUT2D eigenvalue weighted by Gasteiger charge is -2.35. The number of carbonyl (C=O) groups is 1. The average molecular weight is 399 g/mol. The van der Waals surface area contributed by atoms with Crippen LogP contribution in [-0.2, 0) is 4.74 Å². The fourth-order valence-corrected chi connectivity index (χ4v) is 3.68. The van der Waals surface area contributed by atoms with Crippen LogP contribution < -0.4 is 15.1 Å². The maximum absolute atomic E-state index is 14.1. The summed E-state index contributed by atoms with van der Waals surface area (Å²) in [6.07, 6.45) is 1.81. The standard InChI is InChI=1S/C21H26FN5O2/c1-16-2-3-23-20(12-16)26-4-6-27(7-5-26)21(28)24-18-13-17(22)14-19(15-18)25-8-10-29-11-9-25/h2-3,12-15H,4-11H2,1H3,(H,24,28). The lowest BCUT2D eigenvalue weighted by Crippen LogP contribution is -2.50. The molecular formula is C21H26FN5O2. The van der Waals surface area contributed by atoms with Gasteiger partial charge in [-0.1, -0.05) is 0 Å². The summed E-state index contributed by atoms with van der Waals surface area (Å²) in [7, 11) is 0. The van der Waals surface area contributed by atoms with E-state index in [4.69, 9.17) is 4.74 Å². The van der Waals surface area contributed by atoms with Crippen LogP contribution in [-0.4, -0.2) is 68.4 Å². The highest BCUT2D eigenvalue weighted by atomic mass is 19.1. The van der Waals surface area contributed by atoms with E-state index in [2.05, 4.69) is 26.2 Å². The van der Waals surface area contributed by atoms with Gasteiger partial charge in [0.1, 0.15) is 11.6 Å². The number of piperazine rings is 1. The van der Waals surface area contributed by atoms with E-state index in [-0.39, 0.29) is 11.8 Å². The van der Waals surface area contributed by atoms with Gasteiger partial charge in [-0.05, 0) is 42.8 Å². The smallest absolute Gasteiger partial charge is 0.321 e. The van der Waals surface area contributed by atoms with Crippen molar-refractivity contribution in [3.63, 3.8) is 0 Å². The lowest BCUT2D eigenvalue weighted by atomic mass is 10.2. The molecule has 154 valence electrons. The minimum Gasteiger partial charge on any atom is -0.378 e. The number of nitrogens with zero attached hydrogens (tertiary/aromatic N) is 4. The highest BCUT2D eigenvalue weighted by molar-refractivity contribution is 5.90. The summed E-state index contributed by atoms with van der Waals surface area (Å²) in [5.41, 5.74) is 2.40. The second-order valence-corrected chi connectivity index (χ2v) is 7.39. The van der Waals surface area contributed by atoms with Gasteiger partial charge in [-0.3, -0.25) is 0 Å². The first-order valence-electron chi connectivity index (χ1n) is 9.95. The first-order valence-corrected chi connectivity index (χ1v) is 9.95. The lowest BCUT2D eigenvalue weighted by molar-refractivity contribution is 0.122. The number of morpholine rings is 1. The van der Waals surface area contributed by atoms with Crippen LogP contribution in [0.3, 0.4) is 0 Å². The monoisotopic (exact) mass is 399 g/mol. The first kappa shape index (κ1) is 19.4. The molecule has 0 spiro atoms. The molecule has 8 heteroatoms. The van der Waals surface area contributed by atoms with Gasteiger partial charge in [-0.2, -0.15) is 0 Å². The summed E-state index contributed by atoms with van der Waals surface area (Å²) in [6.45, 7) is 7.32. The number of benzene rings is 1. The van der Waals surface area contributed by atoms with Gasteiger partial charge < -0.3 is 24.8 Å². The van der Waals surface area contributed by atoms with Gasteiger partial charge >= 0.3 is 6.03 Å². The van der Waals surface area contributed by atoms with E-state index in [9.17, 15) is 9.18 Å². The number of aryl methyl sites for hydroxylation is 1. The Bertz CT molecular complexity index is 864. The molecule has 0 atom stereocenters. The number of hydrogen-bond acceptors (Lipinski definition) is 5. The number of nitrogens with one attached hydrogen (secondary N) is 1. The number of rotatable bonds is 3. The second kappa shape index (κ2) is 8.65. The largest absolute Gasteiger partial charge is 0.378 e. The molecule has 0 saturated carbocycles. The molecule has 1 N–H and O–H groups in total. The Kier molecular flexibility index (Phi) is 5.80. The van der Waals surface area contributed by atoms with E-state index in [1.165, 1.54) is 12.1 Å². The zero-order valence-electron chi connectivity index (χ0n) is 16.6. The molecule has 3 heterocycles. The maximum Gasteiger partial charge on any atom is 0.321 e. The molecule has 7 nitrogen and oxygen atoms in total. The van der Waals surface area contributed by atoms with Gasteiger partial charge in [0.05, 0.1) is 13.2 Å². The Morgan fingerprint density at radius 1 is 1.03 bits per heavy atom. The van der Waals surface area contributed by atoms with E-state index in [1.807, 2.05) is 19.1 Å². The van der Waals surface area contributed by atoms with Crippen LogP contribution in [0, 0.1) is 12.7 Å². The molecule has 2 saturated heterocycles. The quantitative estimate of drug-likeness (QED) is 0.860. The van der Waals surface area contributed by atoms with Gasteiger partial charge in [-0.25, -0.2) is 14.2 Å². The minimum absolute atomic E-state index is 0.208.